The third kappa shape index (κ3) is 3.80. The number of hydrogen-bond acceptors (Lipinski definition) is 9. The van der Waals surface area contributed by atoms with Gasteiger partial charge in [-0.25, -0.2) is 0 Å². The van der Waals surface area contributed by atoms with Crippen molar-refractivity contribution in [3.63, 3.8) is 0 Å². The van der Waals surface area contributed by atoms with E-state index in [0.29, 0.717) is 0 Å². The lowest BCUT2D eigenvalue weighted by Crippen LogP contribution is -2.49. The highest BCUT2D eigenvalue weighted by atomic mass is 16.8. The van der Waals surface area contributed by atoms with Crippen LogP contribution < -0.4 is 11.1 Å². The highest BCUT2D eigenvalue weighted by Crippen LogP contribution is 2.38. The number of oxime groups is 1. The molecule has 11 heteroatoms. The second-order valence-electron chi connectivity index (χ2n) is 5.75. The Balaban J connectivity index is 2.11. The average molecular weight is 345 g/mol. The van der Waals surface area contributed by atoms with Crippen LogP contribution in [0.2, 0.25) is 0 Å². The van der Waals surface area contributed by atoms with Crippen molar-refractivity contribution in [3.05, 3.63) is 0 Å². The number of carbonyl (C=O) groups is 3. The third-order valence-electron chi connectivity index (χ3n) is 3.42. The number of carbonyl (C=O) groups excluding carboxylic acids is 3. The second-order valence-corrected chi connectivity index (χ2v) is 5.75. The minimum atomic E-state index is -1.20. The van der Waals surface area contributed by atoms with Crippen LogP contribution in [-0.2, 0) is 33.3 Å². The van der Waals surface area contributed by atoms with E-state index in [1.54, 1.807) is 13.8 Å². The predicted octanol–water partition coefficient (Wildman–Crippen LogP) is -1.77. The van der Waals surface area contributed by atoms with Crippen LogP contribution in [0.25, 0.3) is 0 Å². The molecule has 0 spiro atoms. The first-order valence-corrected chi connectivity index (χ1v) is 7.12. The van der Waals surface area contributed by atoms with Crippen LogP contribution in [0.3, 0.4) is 0 Å². The van der Waals surface area contributed by atoms with Crippen molar-refractivity contribution < 1.29 is 38.5 Å². The van der Waals surface area contributed by atoms with Crippen molar-refractivity contribution in [2.24, 2.45) is 10.9 Å². The fraction of sp³-hybridized carbons (Fsp3) is 0.692. The number of nitrogens with zero attached hydrogens (tertiary/aromatic N) is 1. The summed E-state index contributed by atoms with van der Waals surface area (Å²) in [6.07, 6.45) is -3.01. The maximum absolute atomic E-state index is 11.9. The van der Waals surface area contributed by atoms with Gasteiger partial charge in [-0.1, -0.05) is 5.16 Å². The van der Waals surface area contributed by atoms with Crippen molar-refractivity contribution >= 4 is 23.5 Å². The summed E-state index contributed by atoms with van der Waals surface area (Å²) in [4.78, 5) is 33.9. The standard InChI is InChI=1S/C13H19N3O8/c1-5(17)21-4-6-8-9(24-13(2,3)23-8)12(22-6)15-11(19)7(16-20)10(14)18/h6,8-9,12,20H,4H2,1-3H3,(H2,14,18)(H,15,19)/b16-7-/t6-,8-,9-,12?/m1/s1. The van der Waals surface area contributed by atoms with E-state index in [9.17, 15) is 14.4 Å². The van der Waals surface area contributed by atoms with Gasteiger partial charge in [-0.05, 0) is 13.8 Å². The largest absolute Gasteiger partial charge is 0.463 e. The van der Waals surface area contributed by atoms with Gasteiger partial charge in [0.15, 0.2) is 12.0 Å². The number of esters is 1. The molecule has 2 aliphatic rings. The zero-order valence-electron chi connectivity index (χ0n) is 13.3. The number of hydrogen-bond donors (Lipinski definition) is 3. The van der Waals surface area contributed by atoms with Crippen molar-refractivity contribution in [2.75, 3.05) is 6.61 Å². The fourth-order valence-electron chi connectivity index (χ4n) is 2.54. The first kappa shape index (κ1) is 18.1. The first-order valence-electron chi connectivity index (χ1n) is 7.12. The van der Waals surface area contributed by atoms with E-state index in [1.807, 2.05) is 0 Å². The van der Waals surface area contributed by atoms with Crippen LogP contribution in [0.15, 0.2) is 5.16 Å². The van der Waals surface area contributed by atoms with Gasteiger partial charge in [0.05, 0.1) is 0 Å². The van der Waals surface area contributed by atoms with Gasteiger partial charge in [0.2, 0.25) is 5.71 Å². The normalized spacial score (nSPS) is 31.4. The van der Waals surface area contributed by atoms with Crippen LogP contribution >= 0.6 is 0 Å². The molecule has 0 radical (unpaired) electrons. The SMILES string of the molecule is CC(=O)OC[C@H]1OC(NC(=O)/C(=N\O)C(N)=O)[C@@H]2OC(C)(C)O[C@H]12. The smallest absolute Gasteiger partial charge is 0.302 e. The maximum Gasteiger partial charge on any atom is 0.302 e. The minimum absolute atomic E-state index is 0.0981. The molecule has 2 aliphatic heterocycles. The molecule has 0 aromatic heterocycles. The number of rotatable bonds is 5. The molecule has 0 bridgehead atoms. The van der Waals surface area contributed by atoms with Gasteiger partial charge in [0.25, 0.3) is 11.8 Å². The Bertz CT molecular complexity index is 576. The molecule has 2 saturated heterocycles. The van der Waals surface area contributed by atoms with Crippen molar-refractivity contribution in [2.45, 2.75) is 51.1 Å². The highest BCUT2D eigenvalue weighted by Gasteiger charge is 2.56. The van der Waals surface area contributed by atoms with Gasteiger partial charge in [0, 0.05) is 6.92 Å². The molecule has 24 heavy (non-hydrogen) atoms. The summed E-state index contributed by atoms with van der Waals surface area (Å²) in [5.74, 6) is -3.67. The average Bonchev–Trinajstić information content (AvgIpc) is 2.91. The van der Waals surface area contributed by atoms with E-state index >= 15 is 0 Å². The molecule has 2 amide bonds. The van der Waals surface area contributed by atoms with Crippen molar-refractivity contribution in [1.82, 2.24) is 5.32 Å². The lowest BCUT2D eigenvalue weighted by molar-refractivity contribution is -0.196. The van der Waals surface area contributed by atoms with Gasteiger partial charge in [-0.15, -0.1) is 0 Å². The molecule has 4 atom stereocenters. The molecule has 134 valence electrons. The quantitative estimate of drug-likeness (QED) is 0.173. The number of primary amides is 1. The number of nitrogens with one attached hydrogen (secondary N) is 1. The molecular weight excluding hydrogens is 326 g/mol. The van der Waals surface area contributed by atoms with Crippen LogP contribution in [-0.4, -0.2) is 65.6 Å². The minimum Gasteiger partial charge on any atom is -0.463 e. The Hall–Kier alpha value is -2.24. The molecule has 0 aliphatic carbocycles. The topological polar surface area (TPSA) is 159 Å². The maximum atomic E-state index is 11.9. The fourth-order valence-corrected chi connectivity index (χ4v) is 2.54. The Labute approximate surface area is 137 Å². The first-order chi connectivity index (χ1) is 11.1. The summed E-state index contributed by atoms with van der Waals surface area (Å²) < 4.78 is 21.9. The van der Waals surface area contributed by atoms with Crippen LogP contribution in [0.5, 0.6) is 0 Å². The molecule has 0 saturated carbocycles. The number of fused-ring (bicyclic) bond motifs is 1. The number of amides is 2. The summed E-state index contributed by atoms with van der Waals surface area (Å²) in [6, 6.07) is 0. The van der Waals surface area contributed by atoms with Gasteiger partial charge in [0.1, 0.15) is 24.9 Å². The Morgan fingerprint density at radius 3 is 2.46 bits per heavy atom. The number of nitrogens with two attached hydrogens (primary N) is 1. The van der Waals surface area contributed by atoms with E-state index in [4.69, 9.17) is 29.9 Å². The van der Waals surface area contributed by atoms with Gasteiger partial charge < -0.3 is 35.2 Å². The van der Waals surface area contributed by atoms with Gasteiger partial charge in [-0.2, -0.15) is 0 Å². The van der Waals surface area contributed by atoms with Crippen molar-refractivity contribution in [1.29, 1.82) is 0 Å². The van der Waals surface area contributed by atoms with E-state index < -0.39 is 53.8 Å². The second kappa shape index (κ2) is 6.71. The highest BCUT2D eigenvalue weighted by molar-refractivity contribution is 6.64. The summed E-state index contributed by atoms with van der Waals surface area (Å²) in [6.45, 7) is 4.51. The molecule has 2 fully saturated rings. The molecule has 0 aromatic carbocycles. The lowest BCUT2D eigenvalue weighted by Gasteiger charge is -2.24. The zero-order valence-corrected chi connectivity index (χ0v) is 13.3. The summed E-state index contributed by atoms with van der Waals surface area (Å²) in [5, 5.41) is 13.6. The molecular formula is C13H19N3O8. The van der Waals surface area contributed by atoms with E-state index in [0.717, 1.165) is 0 Å². The molecule has 4 N–H and O–H groups in total. The van der Waals surface area contributed by atoms with Crippen molar-refractivity contribution in [3.8, 4) is 0 Å². The Kier molecular flexibility index (Phi) is 5.06. The molecule has 11 nitrogen and oxygen atoms in total. The Morgan fingerprint density at radius 2 is 1.92 bits per heavy atom. The van der Waals surface area contributed by atoms with Crippen LogP contribution in [0.1, 0.15) is 20.8 Å². The lowest BCUT2D eigenvalue weighted by atomic mass is 10.1. The van der Waals surface area contributed by atoms with E-state index in [1.165, 1.54) is 6.92 Å². The molecule has 2 heterocycles. The van der Waals surface area contributed by atoms with E-state index in [2.05, 4.69) is 10.5 Å². The zero-order chi connectivity index (χ0) is 18.1. The van der Waals surface area contributed by atoms with Crippen LogP contribution in [0.4, 0.5) is 0 Å². The van der Waals surface area contributed by atoms with Gasteiger partial charge >= 0.3 is 5.97 Å². The summed E-state index contributed by atoms with van der Waals surface area (Å²) >= 11 is 0. The monoisotopic (exact) mass is 345 g/mol. The van der Waals surface area contributed by atoms with Gasteiger partial charge in [-0.3, -0.25) is 14.4 Å². The van der Waals surface area contributed by atoms with E-state index in [-0.39, 0.29) is 6.61 Å². The summed E-state index contributed by atoms with van der Waals surface area (Å²) in [7, 11) is 0. The summed E-state index contributed by atoms with van der Waals surface area (Å²) in [5.41, 5.74) is 4.06. The third-order valence-corrected chi connectivity index (χ3v) is 3.42. The van der Waals surface area contributed by atoms with Crippen LogP contribution in [0, 0.1) is 0 Å². The molecule has 2 rings (SSSR count). The predicted molar refractivity (Wildman–Crippen MR) is 75.7 cm³/mol. The number of ether oxygens (including phenoxy) is 4. The molecule has 1 unspecified atom stereocenters. The molecule has 0 aromatic rings. The Morgan fingerprint density at radius 1 is 1.29 bits per heavy atom.